The zero-order valence-corrected chi connectivity index (χ0v) is 13.9. The predicted molar refractivity (Wildman–Crippen MR) is 84.7 cm³/mol. The first-order valence-electron chi connectivity index (χ1n) is 6.74. The molecular weight excluding hydrogens is 358 g/mol. The maximum absolute atomic E-state index is 6.15. The van der Waals surface area contributed by atoms with Crippen LogP contribution in [0.2, 0.25) is 5.02 Å². The van der Waals surface area contributed by atoms with Crippen molar-refractivity contribution in [1.82, 2.24) is 14.9 Å². The Labute approximate surface area is 136 Å². The lowest BCUT2D eigenvalue weighted by Gasteiger charge is -2.32. The van der Waals surface area contributed by atoms with Gasteiger partial charge in [0.15, 0.2) is 6.23 Å². The maximum Gasteiger partial charge on any atom is 0.231 e. The highest BCUT2D eigenvalue weighted by Crippen LogP contribution is 2.33. The number of aromatic nitrogens is 2. The van der Waals surface area contributed by atoms with E-state index in [0.717, 1.165) is 41.7 Å². The molecule has 7 heteroatoms. The molecular formula is C14H15BrClN3O2. The monoisotopic (exact) mass is 371 g/mol. The average molecular weight is 373 g/mol. The fraction of sp³-hybridized carbons (Fsp3) is 0.429. The van der Waals surface area contributed by atoms with Crippen LogP contribution >= 0.6 is 27.5 Å². The van der Waals surface area contributed by atoms with E-state index in [9.17, 15) is 0 Å². The summed E-state index contributed by atoms with van der Waals surface area (Å²) < 4.78 is 12.0. The van der Waals surface area contributed by atoms with Gasteiger partial charge >= 0.3 is 0 Å². The van der Waals surface area contributed by atoms with Gasteiger partial charge in [-0.3, -0.25) is 9.88 Å². The minimum absolute atomic E-state index is 0.0747. The summed E-state index contributed by atoms with van der Waals surface area (Å²) in [6, 6.07) is 1.74. The second-order valence-corrected chi connectivity index (χ2v) is 6.00. The predicted octanol–water partition coefficient (Wildman–Crippen LogP) is 3.10. The number of hydrogen-bond donors (Lipinski definition) is 0. The van der Waals surface area contributed by atoms with Gasteiger partial charge in [-0.25, -0.2) is 4.98 Å². The first kappa shape index (κ1) is 15.0. The molecule has 1 fully saturated rings. The number of pyridine rings is 2. The number of halogens is 2. The molecule has 0 radical (unpaired) electrons. The van der Waals surface area contributed by atoms with Gasteiger partial charge in [0.2, 0.25) is 5.88 Å². The fourth-order valence-electron chi connectivity index (χ4n) is 2.29. The Kier molecular flexibility index (Phi) is 4.59. The van der Waals surface area contributed by atoms with Crippen molar-refractivity contribution < 1.29 is 9.47 Å². The molecule has 0 amide bonds. The van der Waals surface area contributed by atoms with Gasteiger partial charge in [0.25, 0.3) is 0 Å². The van der Waals surface area contributed by atoms with E-state index in [1.54, 1.807) is 18.5 Å². The van der Waals surface area contributed by atoms with Crippen LogP contribution in [-0.4, -0.2) is 47.4 Å². The van der Waals surface area contributed by atoms with Crippen LogP contribution in [0.3, 0.4) is 0 Å². The normalized spacial score (nSPS) is 17.9. The van der Waals surface area contributed by atoms with Crippen molar-refractivity contribution >= 4 is 38.4 Å². The molecule has 1 saturated heterocycles. The van der Waals surface area contributed by atoms with E-state index in [-0.39, 0.29) is 6.23 Å². The fourth-order valence-corrected chi connectivity index (χ4v) is 2.99. The summed E-state index contributed by atoms with van der Waals surface area (Å²) >= 11 is 9.66. The number of ether oxygens (including phenoxy) is 2. The van der Waals surface area contributed by atoms with Crippen LogP contribution in [0.4, 0.5) is 0 Å². The van der Waals surface area contributed by atoms with Crippen LogP contribution in [0.1, 0.15) is 6.92 Å². The zero-order chi connectivity index (χ0) is 14.8. The molecule has 2 aromatic rings. The molecule has 3 heterocycles. The largest absolute Gasteiger partial charge is 0.458 e. The molecule has 5 nitrogen and oxygen atoms in total. The summed E-state index contributed by atoms with van der Waals surface area (Å²) in [7, 11) is 0. The van der Waals surface area contributed by atoms with Gasteiger partial charge in [0.05, 0.1) is 23.8 Å². The molecule has 1 aliphatic rings. The molecule has 1 atom stereocenters. The van der Waals surface area contributed by atoms with Gasteiger partial charge in [-0.2, -0.15) is 0 Å². The van der Waals surface area contributed by atoms with Gasteiger partial charge in [0, 0.05) is 30.9 Å². The topological polar surface area (TPSA) is 47.5 Å². The number of rotatable bonds is 3. The number of nitrogens with zero attached hydrogens (tertiary/aromatic N) is 3. The van der Waals surface area contributed by atoms with E-state index >= 15 is 0 Å². The van der Waals surface area contributed by atoms with Crippen LogP contribution in [-0.2, 0) is 4.74 Å². The molecule has 0 bridgehead atoms. The Bertz CT molecular complexity index is 649. The van der Waals surface area contributed by atoms with Crippen LogP contribution in [0.15, 0.2) is 22.9 Å². The van der Waals surface area contributed by atoms with Crippen molar-refractivity contribution in [3.8, 4) is 5.88 Å². The first-order valence-corrected chi connectivity index (χ1v) is 7.91. The van der Waals surface area contributed by atoms with Gasteiger partial charge in [-0.1, -0.05) is 11.6 Å². The Balaban J connectivity index is 1.85. The first-order chi connectivity index (χ1) is 10.2. The van der Waals surface area contributed by atoms with E-state index in [2.05, 4.69) is 30.8 Å². The van der Waals surface area contributed by atoms with Crippen molar-refractivity contribution in [2.75, 3.05) is 26.3 Å². The molecule has 0 spiro atoms. The molecule has 0 aromatic carbocycles. The summed E-state index contributed by atoms with van der Waals surface area (Å²) in [6.45, 7) is 5.19. The molecule has 0 aliphatic carbocycles. The Morgan fingerprint density at radius 1 is 1.38 bits per heavy atom. The van der Waals surface area contributed by atoms with Crippen LogP contribution in [0, 0.1) is 0 Å². The second-order valence-electron chi connectivity index (χ2n) is 4.80. The lowest BCUT2D eigenvalue weighted by molar-refractivity contribution is -0.0390. The number of morpholine rings is 1. The Hall–Kier alpha value is -0.950. The van der Waals surface area contributed by atoms with Crippen molar-refractivity contribution in [3.63, 3.8) is 0 Å². The third-order valence-electron chi connectivity index (χ3n) is 3.49. The van der Waals surface area contributed by atoms with Crippen molar-refractivity contribution in [2.24, 2.45) is 0 Å². The highest BCUT2D eigenvalue weighted by molar-refractivity contribution is 9.10. The highest BCUT2D eigenvalue weighted by atomic mass is 79.9. The zero-order valence-electron chi connectivity index (χ0n) is 11.6. The third kappa shape index (κ3) is 3.13. The maximum atomic E-state index is 6.15. The molecule has 0 N–H and O–H groups in total. The minimum atomic E-state index is -0.0747. The summed E-state index contributed by atoms with van der Waals surface area (Å²) in [5, 5.41) is 1.43. The molecule has 21 heavy (non-hydrogen) atoms. The van der Waals surface area contributed by atoms with E-state index in [4.69, 9.17) is 21.1 Å². The molecule has 1 aliphatic heterocycles. The summed E-state index contributed by atoms with van der Waals surface area (Å²) in [5.74, 6) is 0.524. The quantitative estimate of drug-likeness (QED) is 0.828. The standard InChI is InChI=1S/C14H15BrClN3O2/c1-9(19-4-6-20-7-5-19)21-14-12(15)13-10(8-18-14)11(16)2-3-17-13/h2-3,8-9H,4-7H2,1H3. The van der Waals surface area contributed by atoms with Gasteiger partial charge in [0.1, 0.15) is 4.47 Å². The Morgan fingerprint density at radius 2 is 2.14 bits per heavy atom. The molecule has 0 saturated carbocycles. The van der Waals surface area contributed by atoms with E-state index in [1.807, 2.05) is 6.92 Å². The highest BCUT2D eigenvalue weighted by Gasteiger charge is 2.20. The summed E-state index contributed by atoms with van der Waals surface area (Å²) in [4.78, 5) is 10.9. The number of fused-ring (bicyclic) bond motifs is 1. The van der Waals surface area contributed by atoms with Crippen molar-refractivity contribution in [1.29, 1.82) is 0 Å². The van der Waals surface area contributed by atoms with Crippen LogP contribution in [0.25, 0.3) is 10.9 Å². The van der Waals surface area contributed by atoms with E-state index in [0.29, 0.717) is 10.9 Å². The van der Waals surface area contributed by atoms with Gasteiger partial charge in [-0.05, 0) is 28.9 Å². The van der Waals surface area contributed by atoms with Crippen LogP contribution < -0.4 is 4.74 Å². The lowest BCUT2D eigenvalue weighted by atomic mass is 10.3. The molecule has 1 unspecified atom stereocenters. The van der Waals surface area contributed by atoms with Crippen molar-refractivity contribution in [3.05, 3.63) is 28.0 Å². The number of hydrogen-bond acceptors (Lipinski definition) is 5. The van der Waals surface area contributed by atoms with Gasteiger partial charge in [-0.15, -0.1) is 0 Å². The SMILES string of the molecule is CC(Oc1ncc2c(Cl)ccnc2c1Br)N1CCOCC1. The molecule has 2 aromatic heterocycles. The smallest absolute Gasteiger partial charge is 0.231 e. The molecule has 3 rings (SSSR count). The summed E-state index contributed by atoms with van der Waals surface area (Å²) in [5.41, 5.74) is 0.752. The van der Waals surface area contributed by atoms with E-state index < -0.39 is 0 Å². The summed E-state index contributed by atoms with van der Waals surface area (Å²) in [6.07, 6.45) is 3.29. The minimum Gasteiger partial charge on any atom is -0.458 e. The van der Waals surface area contributed by atoms with E-state index in [1.165, 1.54) is 0 Å². The van der Waals surface area contributed by atoms with Gasteiger partial charge < -0.3 is 9.47 Å². The second kappa shape index (κ2) is 6.44. The Morgan fingerprint density at radius 3 is 2.90 bits per heavy atom. The lowest BCUT2D eigenvalue weighted by Crippen LogP contribution is -2.44. The average Bonchev–Trinajstić information content (AvgIpc) is 2.51. The molecule has 112 valence electrons. The van der Waals surface area contributed by atoms with Crippen LogP contribution in [0.5, 0.6) is 5.88 Å². The third-order valence-corrected chi connectivity index (χ3v) is 4.53. The van der Waals surface area contributed by atoms with Crippen molar-refractivity contribution in [2.45, 2.75) is 13.2 Å².